The number of halogens is 1. The Morgan fingerprint density at radius 2 is 1.73 bits per heavy atom. The number of hydrogen-bond acceptors (Lipinski definition) is 2. The van der Waals surface area contributed by atoms with Gasteiger partial charge in [-0.3, -0.25) is 4.79 Å². The molecule has 0 saturated carbocycles. The maximum Gasteiger partial charge on any atom is 0.224 e. The average Bonchev–Trinajstić information content (AvgIpc) is 3.08. The van der Waals surface area contributed by atoms with Gasteiger partial charge in [-0.15, -0.1) is 0 Å². The summed E-state index contributed by atoms with van der Waals surface area (Å²) in [5, 5.41) is 3.06. The first-order valence-electron chi connectivity index (χ1n) is 10.0. The van der Waals surface area contributed by atoms with Gasteiger partial charge >= 0.3 is 0 Å². The summed E-state index contributed by atoms with van der Waals surface area (Å²) in [5.74, 6) is -0.326. The van der Waals surface area contributed by atoms with Crippen LogP contribution in [-0.2, 0) is 11.2 Å². The van der Waals surface area contributed by atoms with E-state index in [0.717, 1.165) is 39.4 Å². The van der Waals surface area contributed by atoms with E-state index in [1.807, 2.05) is 49.6 Å². The number of nitrogens with one attached hydrogen (secondary N) is 1. The van der Waals surface area contributed by atoms with Crippen LogP contribution in [0, 0.1) is 26.6 Å². The summed E-state index contributed by atoms with van der Waals surface area (Å²) in [4.78, 5) is 17.5. The average molecular weight is 401 g/mol. The molecule has 2 aromatic carbocycles. The summed E-state index contributed by atoms with van der Waals surface area (Å²) in [5.41, 5.74) is 7.52. The SMILES string of the molecule is Cc1cc(C)c(NC(=O)CCc2c(-c3ccc(F)cc3)nc3ccccn23)c(C)c1. The molecule has 0 saturated heterocycles. The summed E-state index contributed by atoms with van der Waals surface area (Å²) in [6, 6.07) is 16.2. The van der Waals surface area contributed by atoms with Gasteiger partial charge in [0, 0.05) is 23.9 Å². The van der Waals surface area contributed by atoms with E-state index in [-0.39, 0.29) is 11.7 Å². The lowest BCUT2D eigenvalue weighted by atomic mass is 10.0. The Bertz CT molecular complexity index is 1200. The smallest absolute Gasteiger partial charge is 0.224 e. The molecule has 30 heavy (non-hydrogen) atoms. The Morgan fingerprint density at radius 3 is 2.43 bits per heavy atom. The Labute approximate surface area is 175 Å². The summed E-state index contributed by atoms with van der Waals surface area (Å²) >= 11 is 0. The number of nitrogens with zero attached hydrogens (tertiary/aromatic N) is 2. The molecule has 0 aliphatic carbocycles. The molecule has 5 heteroatoms. The number of aromatic nitrogens is 2. The molecule has 0 aliphatic rings. The fraction of sp³-hybridized carbons (Fsp3) is 0.200. The van der Waals surface area contributed by atoms with Crippen molar-refractivity contribution in [3.8, 4) is 11.3 Å². The van der Waals surface area contributed by atoms with E-state index in [1.54, 1.807) is 12.1 Å². The molecule has 1 N–H and O–H groups in total. The van der Waals surface area contributed by atoms with Crippen molar-refractivity contribution >= 4 is 17.2 Å². The van der Waals surface area contributed by atoms with Crippen LogP contribution in [0.4, 0.5) is 10.1 Å². The minimum absolute atomic E-state index is 0.0407. The van der Waals surface area contributed by atoms with E-state index in [0.29, 0.717) is 12.8 Å². The molecule has 0 aliphatic heterocycles. The van der Waals surface area contributed by atoms with Crippen molar-refractivity contribution in [2.75, 3.05) is 5.32 Å². The molecule has 2 heterocycles. The molecule has 0 bridgehead atoms. The molecular formula is C25H24FN3O. The Balaban J connectivity index is 1.60. The molecule has 2 aromatic heterocycles. The molecular weight excluding hydrogens is 377 g/mol. The van der Waals surface area contributed by atoms with Gasteiger partial charge in [0.25, 0.3) is 0 Å². The van der Waals surface area contributed by atoms with Crippen LogP contribution in [0.3, 0.4) is 0 Å². The van der Waals surface area contributed by atoms with Gasteiger partial charge in [0.05, 0.1) is 11.4 Å². The summed E-state index contributed by atoms with van der Waals surface area (Å²) in [6.07, 6.45) is 2.79. The maximum atomic E-state index is 13.4. The van der Waals surface area contributed by atoms with Gasteiger partial charge in [0.1, 0.15) is 11.5 Å². The third-order valence-corrected chi connectivity index (χ3v) is 5.28. The number of amides is 1. The van der Waals surface area contributed by atoms with Crippen molar-refractivity contribution in [3.63, 3.8) is 0 Å². The fourth-order valence-electron chi connectivity index (χ4n) is 3.94. The normalized spacial score (nSPS) is 11.1. The molecule has 0 spiro atoms. The van der Waals surface area contributed by atoms with E-state index >= 15 is 0 Å². The van der Waals surface area contributed by atoms with Gasteiger partial charge in [0.15, 0.2) is 0 Å². The van der Waals surface area contributed by atoms with E-state index in [1.165, 1.54) is 17.7 Å². The summed E-state index contributed by atoms with van der Waals surface area (Å²) in [6.45, 7) is 6.06. The van der Waals surface area contributed by atoms with Crippen LogP contribution in [0.2, 0.25) is 0 Å². The van der Waals surface area contributed by atoms with Gasteiger partial charge in [-0.25, -0.2) is 9.37 Å². The van der Waals surface area contributed by atoms with E-state index in [9.17, 15) is 9.18 Å². The van der Waals surface area contributed by atoms with Crippen LogP contribution < -0.4 is 5.32 Å². The predicted octanol–water partition coefficient (Wildman–Crippen LogP) is 5.64. The Morgan fingerprint density at radius 1 is 1.03 bits per heavy atom. The third kappa shape index (κ3) is 3.96. The number of rotatable bonds is 5. The zero-order valence-electron chi connectivity index (χ0n) is 17.4. The highest BCUT2D eigenvalue weighted by atomic mass is 19.1. The van der Waals surface area contributed by atoms with Gasteiger partial charge in [-0.2, -0.15) is 0 Å². The molecule has 4 aromatic rings. The molecule has 4 rings (SSSR count). The lowest BCUT2D eigenvalue weighted by molar-refractivity contribution is -0.116. The summed E-state index contributed by atoms with van der Waals surface area (Å²) < 4.78 is 15.4. The molecule has 0 radical (unpaired) electrons. The van der Waals surface area contributed by atoms with E-state index in [2.05, 4.69) is 17.4 Å². The van der Waals surface area contributed by atoms with E-state index in [4.69, 9.17) is 4.98 Å². The standard InChI is InChI=1S/C25H24FN3O/c1-16-14-17(2)24(18(3)15-16)28-23(30)12-11-21-25(19-7-9-20(26)10-8-19)27-22-6-4-5-13-29(21)22/h4-10,13-15H,11-12H2,1-3H3,(H,28,30). The highest BCUT2D eigenvalue weighted by Gasteiger charge is 2.16. The largest absolute Gasteiger partial charge is 0.326 e. The summed E-state index contributed by atoms with van der Waals surface area (Å²) in [7, 11) is 0. The molecule has 0 atom stereocenters. The van der Waals surface area contributed by atoms with Crippen molar-refractivity contribution < 1.29 is 9.18 Å². The molecule has 0 fully saturated rings. The van der Waals surface area contributed by atoms with Crippen LogP contribution in [0.25, 0.3) is 16.9 Å². The third-order valence-electron chi connectivity index (χ3n) is 5.28. The number of carbonyl (C=O) groups is 1. The second-order valence-corrected chi connectivity index (χ2v) is 7.66. The van der Waals surface area contributed by atoms with Gasteiger partial charge in [-0.1, -0.05) is 23.8 Å². The van der Waals surface area contributed by atoms with Crippen molar-refractivity contribution in [2.24, 2.45) is 0 Å². The number of imidazole rings is 1. The number of carbonyl (C=O) groups excluding carboxylic acids is 1. The number of anilines is 1. The van der Waals surface area contributed by atoms with Gasteiger partial charge in [-0.05, 0) is 74.7 Å². The molecule has 1 amide bonds. The molecule has 0 unspecified atom stereocenters. The Hall–Kier alpha value is -3.47. The van der Waals surface area contributed by atoms with Crippen LogP contribution in [0.5, 0.6) is 0 Å². The van der Waals surface area contributed by atoms with Crippen molar-refractivity contribution in [3.05, 3.63) is 89.0 Å². The topological polar surface area (TPSA) is 46.4 Å². The number of hydrogen-bond donors (Lipinski definition) is 1. The van der Waals surface area contributed by atoms with Crippen molar-refractivity contribution in [1.29, 1.82) is 0 Å². The quantitative estimate of drug-likeness (QED) is 0.471. The van der Waals surface area contributed by atoms with Crippen LogP contribution >= 0.6 is 0 Å². The van der Waals surface area contributed by atoms with Gasteiger partial charge in [0.2, 0.25) is 5.91 Å². The van der Waals surface area contributed by atoms with Crippen molar-refractivity contribution in [2.45, 2.75) is 33.6 Å². The molecule has 4 nitrogen and oxygen atoms in total. The first kappa shape index (κ1) is 19.8. The minimum Gasteiger partial charge on any atom is -0.326 e. The second kappa shape index (κ2) is 8.11. The molecule has 152 valence electrons. The van der Waals surface area contributed by atoms with E-state index < -0.39 is 0 Å². The Kier molecular flexibility index (Phi) is 5.36. The van der Waals surface area contributed by atoms with Crippen molar-refractivity contribution in [1.82, 2.24) is 9.38 Å². The van der Waals surface area contributed by atoms with Crippen LogP contribution in [-0.4, -0.2) is 15.3 Å². The lowest BCUT2D eigenvalue weighted by Crippen LogP contribution is -2.15. The highest BCUT2D eigenvalue weighted by Crippen LogP contribution is 2.27. The number of fused-ring (bicyclic) bond motifs is 1. The first-order valence-corrected chi connectivity index (χ1v) is 10.0. The number of pyridine rings is 1. The maximum absolute atomic E-state index is 13.4. The minimum atomic E-state index is -0.285. The van der Waals surface area contributed by atoms with Crippen LogP contribution in [0.15, 0.2) is 60.8 Å². The lowest BCUT2D eigenvalue weighted by Gasteiger charge is -2.13. The zero-order chi connectivity index (χ0) is 21.3. The first-order chi connectivity index (χ1) is 14.4. The second-order valence-electron chi connectivity index (χ2n) is 7.66. The number of aryl methyl sites for hydroxylation is 4. The fourth-order valence-corrected chi connectivity index (χ4v) is 3.94. The zero-order valence-corrected chi connectivity index (χ0v) is 17.4. The predicted molar refractivity (Wildman–Crippen MR) is 118 cm³/mol. The number of benzene rings is 2. The van der Waals surface area contributed by atoms with Crippen LogP contribution in [0.1, 0.15) is 28.8 Å². The highest BCUT2D eigenvalue weighted by molar-refractivity contribution is 5.92. The monoisotopic (exact) mass is 401 g/mol. The van der Waals surface area contributed by atoms with Gasteiger partial charge < -0.3 is 9.72 Å².